The summed E-state index contributed by atoms with van der Waals surface area (Å²) in [6.07, 6.45) is 2.49. The summed E-state index contributed by atoms with van der Waals surface area (Å²) in [5.74, 6) is 1.40. The lowest BCUT2D eigenvalue weighted by Gasteiger charge is -2.16. The molecule has 19 heavy (non-hydrogen) atoms. The van der Waals surface area contributed by atoms with Crippen molar-refractivity contribution in [1.29, 1.82) is 0 Å². The van der Waals surface area contributed by atoms with Crippen LogP contribution in [-0.2, 0) is 11.3 Å². The number of hydrogen-bond acceptors (Lipinski definition) is 3. The van der Waals surface area contributed by atoms with Crippen LogP contribution in [0.2, 0.25) is 0 Å². The maximum Gasteiger partial charge on any atom is 0.223 e. The Morgan fingerprint density at radius 1 is 1.37 bits per heavy atom. The highest BCUT2D eigenvalue weighted by molar-refractivity contribution is 7.80. The van der Waals surface area contributed by atoms with Crippen LogP contribution in [-0.4, -0.2) is 28.1 Å². The second-order valence-electron chi connectivity index (χ2n) is 5.06. The van der Waals surface area contributed by atoms with Gasteiger partial charge < -0.3 is 4.90 Å². The van der Waals surface area contributed by atoms with E-state index in [-0.39, 0.29) is 5.91 Å². The highest BCUT2D eigenvalue weighted by Gasteiger charge is 2.28. The number of para-hydroxylation sites is 1. The van der Waals surface area contributed by atoms with E-state index in [4.69, 9.17) is 0 Å². The summed E-state index contributed by atoms with van der Waals surface area (Å²) < 4.78 is 0. The molecule has 0 saturated carbocycles. The van der Waals surface area contributed by atoms with E-state index in [0.29, 0.717) is 18.9 Å². The van der Waals surface area contributed by atoms with Crippen molar-refractivity contribution in [2.45, 2.75) is 13.0 Å². The summed E-state index contributed by atoms with van der Waals surface area (Å²) in [7, 11) is 0. The van der Waals surface area contributed by atoms with E-state index in [1.807, 2.05) is 35.4 Å². The van der Waals surface area contributed by atoms with Gasteiger partial charge in [0.05, 0.1) is 5.52 Å². The van der Waals surface area contributed by atoms with Gasteiger partial charge in [0.15, 0.2) is 0 Å². The first-order valence-electron chi connectivity index (χ1n) is 6.48. The maximum absolute atomic E-state index is 11.9. The predicted octanol–water partition coefficient (Wildman–Crippen LogP) is 2.51. The Morgan fingerprint density at radius 3 is 3.00 bits per heavy atom. The molecule has 0 N–H and O–H groups in total. The number of rotatable bonds is 3. The third-order valence-corrected chi connectivity index (χ3v) is 4.09. The molecule has 1 aromatic carbocycles. The van der Waals surface area contributed by atoms with Gasteiger partial charge >= 0.3 is 0 Å². The Bertz CT molecular complexity index is 614. The lowest BCUT2D eigenvalue weighted by atomic mass is 10.1. The molecule has 1 fully saturated rings. The molecule has 0 spiro atoms. The zero-order valence-electron chi connectivity index (χ0n) is 10.6. The Hall–Kier alpha value is -1.55. The van der Waals surface area contributed by atoms with Crippen molar-refractivity contribution in [3.63, 3.8) is 0 Å². The number of pyridine rings is 1. The van der Waals surface area contributed by atoms with E-state index in [2.05, 4.69) is 23.7 Å². The topological polar surface area (TPSA) is 33.2 Å². The largest absolute Gasteiger partial charge is 0.338 e. The fourth-order valence-electron chi connectivity index (χ4n) is 2.55. The standard InChI is InChI=1S/C15H16N2OS/c18-15-6-12(10-19)9-17(15)8-11-5-13-3-1-2-4-14(13)16-7-11/h1-5,7,12,19H,6,8-10H2. The number of fused-ring (bicyclic) bond motifs is 1. The molecule has 1 amide bonds. The molecule has 3 rings (SSSR count). The minimum Gasteiger partial charge on any atom is -0.338 e. The number of carbonyl (C=O) groups excluding carboxylic acids is 1. The van der Waals surface area contributed by atoms with Crippen molar-refractivity contribution < 1.29 is 4.79 Å². The van der Waals surface area contributed by atoms with Crippen LogP contribution in [0, 0.1) is 5.92 Å². The van der Waals surface area contributed by atoms with Crippen LogP contribution in [0.1, 0.15) is 12.0 Å². The van der Waals surface area contributed by atoms with Crippen LogP contribution in [0.4, 0.5) is 0 Å². The first-order valence-corrected chi connectivity index (χ1v) is 7.12. The van der Waals surface area contributed by atoms with Crippen molar-refractivity contribution in [2.24, 2.45) is 5.92 Å². The number of likely N-dealkylation sites (tertiary alicyclic amines) is 1. The van der Waals surface area contributed by atoms with Gasteiger partial charge in [-0.15, -0.1) is 0 Å². The molecule has 2 heterocycles. The summed E-state index contributed by atoms with van der Waals surface area (Å²) in [5.41, 5.74) is 2.08. The molecule has 1 unspecified atom stereocenters. The minimum absolute atomic E-state index is 0.229. The maximum atomic E-state index is 11.9. The second kappa shape index (κ2) is 5.21. The molecular weight excluding hydrogens is 256 g/mol. The smallest absolute Gasteiger partial charge is 0.223 e. The monoisotopic (exact) mass is 272 g/mol. The minimum atomic E-state index is 0.229. The van der Waals surface area contributed by atoms with E-state index >= 15 is 0 Å². The van der Waals surface area contributed by atoms with Crippen molar-refractivity contribution in [1.82, 2.24) is 9.88 Å². The van der Waals surface area contributed by atoms with Crippen LogP contribution in [0.5, 0.6) is 0 Å². The van der Waals surface area contributed by atoms with Gasteiger partial charge in [-0.25, -0.2) is 0 Å². The van der Waals surface area contributed by atoms with Gasteiger partial charge in [-0.3, -0.25) is 9.78 Å². The highest BCUT2D eigenvalue weighted by Crippen LogP contribution is 2.22. The van der Waals surface area contributed by atoms with E-state index in [1.165, 1.54) is 0 Å². The fourth-order valence-corrected chi connectivity index (χ4v) is 2.80. The van der Waals surface area contributed by atoms with Gasteiger partial charge in [-0.2, -0.15) is 12.6 Å². The molecule has 0 aliphatic carbocycles. The molecule has 0 radical (unpaired) electrons. The average Bonchev–Trinajstić information content (AvgIpc) is 2.79. The van der Waals surface area contributed by atoms with Gasteiger partial charge in [0, 0.05) is 31.1 Å². The molecule has 1 aromatic heterocycles. The lowest BCUT2D eigenvalue weighted by Crippen LogP contribution is -2.24. The van der Waals surface area contributed by atoms with E-state index in [1.54, 1.807) is 0 Å². The normalized spacial score (nSPS) is 19.3. The molecule has 1 atom stereocenters. The number of aromatic nitrogens is 1. The van der Waals surface area contributed by atoms with Gasteiger partial charge in [0.1, 0.15) is 0 Å². The third-order valence-electron chi connectivity index (χ3n) is 3.57. The van der Waals surface area contributed by atoms with Gasteiger partial charge in [0.2, 0.25) is 5.91 Å². The Kier molecular flexibility index (Phi) is 3.42. The van der Waals surface area contributed by atoms with Crippen molar-refractivity contribution in [3.8, 4) is 0 Å². The zero-order chi connectivity index (χ0) is 13.2. The summed E-state index contributed by atoms with van der Waals surface area (Å²) in [6, 6.07) is 10.1. The SMILES string of the molecule is O=C1CC(CS)CN1Cc1cnc2ccccc2c1. The van der Waals surface area contributed by atoms with E-state index < -0.39 is 0 Å². The number of carbonyl (C=O) groups is 1. The predicted molar refractivity (Wildman–Crippen MR) is 79.1 cm³/mol. The molecule has 98 valence electrons. The summed E-state index contributed by atoms with van der Waals surface area (Å²) >= 11 is 4.28. The molecule has 2 aromatic rings. The summed E-state index contributed by atoms with van der Waals surface area (Å²) in [5, 5.41) is 1.12. The zero-order valence-corrected chi connectivity index (χ0v) is 11.5. The highest BCUT2D eigenvalue weighted by atomic mass is 32.1. The summed E-state index contributed by atoms with van der Waals surface area (Å²) in [6.45, 7) is 1.47. The van der Waals surface area contributed by atoms with Gasteiger partial charge in [-0.1, -0.05) is 18.2 Å². The summed E-state index contributed by atoms with van der Waals surface area (Å²) in [4.78, 5) is 18.2. The quantitative estimate of drug-likeness (QED) is 0.871. The van der Waals surface area contributed by atoms with Gasteiger partial charge in [0.25, 0.3) is 0 Å². The second-order valence-corrected chi connectivity index (χ2v) is 5.43. The Morgan fingerprint density at radius 2 is 2.21 bits per heavy atom. The Balaban J connectivity index is 1.80. The molecule has 0 bridgehead atoms. The van der Waals surface area contributed by atoms with Crippen molar-refractivity contribution in [3.05, 3.63) is 42.1 Å². The van der Waals surface area contributed by atoms with Crippen LogP contribution in [0.3, 0.4) is 0 Å². The molecule has 4 heteroatoms. The molecular formula is C15H16N2OS. The fraction of sp³-hybridized carbons (Fsp3) is 0.333. The average molecular weight is 272 g/mol. The van der Waals surface area contributed by atoms with Crippen LogP contribution in [0.15, 0.2) is 36.5 Å². The lowest BCUT2D eigenvalue weighted by molar-refractivity contribution is -0.128. The third kappa shape index (κ3) is 2.59. The molecule has 1 aliphatic heterocycles. The van der Waals surface area contributed by atoms with Crippen molar-refractivity contribution >= 4 is 29.4 Å². The molecule has 1 saturated heterocycles. The first-order chi connectivity index (χ1) is 9.26. The molecule has 1 aliphatic rings. The number of nitrogens with zero attached hydrogens (tertiary/aromatic N) is 2. The number of hydrogen-bond donors (Lipinski definition) is 1. The number of benzene rings is 1. The Labute approximate surface area is 118 Å². The van der Waals surface area contributed by atoms with Crippen LogP contribution in [0.25, 0.3) is 10.9 Å². The number of thiol groups is 1. The van der Waals surface area contributed by atoms with E-state index in [0.717, 1.165) is 28.8 Å². The van der Waals surface area contributed by atoms with E-state index in [9.17, 15) is 4.79 Å². The van der Waals surface area contributed by atoms with Crippen LogP contribution >= 0.6 is 12.6 Å². The van der Waals surface area contributed by atoms with Crippen LogP contribution < -0.4 is 0 Å². The first kappa shape index (κ1) is 12.5. The van der Waals surface area contributed by atoms with Crippen molar-refractivity contribution in [2.75, 3.05) is 12.3 Å². The molecule has 3 nitrogen and oxygen atoms in total. The van der Waals surface area contributed by atoms with Gasteiger partial charge in [-0.05, 0) is 29.4 Å². The number of amides is 1.